The van der Waals surface area contributed by atoms with E-state index in [1.807, 2.05) is 12.1 Å². The summed E-state index contributed by atoms with van der Waals surface area (Å²) in [4.78, 5) is 12.1. The van der Waals surface area contributed by atoms with Gasteiger partial charge in [-0.25, -0.2) is 0 Å². The highest BCUT2D eigenvalue weighted by Gasteiger charge is 2.13. The van der Waals surface area contributed by atoms with Crippen molar-refractivity contribution in [2.24, 2.45) is 0 Å². The minimum absolute atomic E-state index is 0.102. The number of benzene rings is 1. The Hall–Kier alpha value is -0.960. The topological polar surface area (TPSA) is 26.3 Å². The van der Waals surface area contributed by atoms with E-state index in [-0.39, 0.29) is 5.78 Å². The Balaban J connectivity index is 2.45. The van der Waals surface area contributed by atoms with Gasteiger partial charge in [-0.05, 0) is 25.1 Å². The first-order chi connectivity index (χ1) is 5.77. The second-order valence-electron chi connectivity index (χ2n) is 2.62. The van der Waals surface area contributed by atoms with E-state index in [1.165, 1.54) is 0 Å². The number of hydrogen-bond acceptors (Lipinski definition) is 3. The molecule has 0 atom stereocenters. The number of rotatable bonds is 1. The number of carbonyl (C=O) groups excluding carboxylic acids is 1. The average Bonchev–Trinajstić information content (AvgIpc) is 2.49. The number of fused-ring (bicyclic) bond motifs is 1. The second-order valence-corrected chi connectivity index (χ2v) is 3.59. The quantitative estimate of drug-likeness (QED) is 0.620. The Morgan fingerprint density at radius 3 is 3.17 bits per heavy atom. The molecule has 0 saturated carbocycles. The number of Topliss-reactive ketones (excluding diaryl/α,β-unsaturated/α-hetero) is 1. The lowest BCUT2D eigenvalue weighted by Gasteiger charge is -1.98. The predicted octanol–water partition coefficient (Wildman–Crippen LogP) is 2.33. The van der Waals surface area contributed by atoms with Crippen LogP contribution in [0.25, 0.3) is 0 Å². The van der Waals surface area contributed by atoms with Crippen molar-refractivity contribution in [3.05, 3.63) is 23.8 Å². The number of carbonyl (C=O) groups is 1. The molecule has 1 aromatic carbocycles. The van der Waals surface area contributed by atoms with Gasteiger partial charge in [0.05, 0.1) is 4.90 Å². The van der Waals surface area contributed by atoms with Gasteiger partial charge in [0.25, 0.3) is 0 Å². The highest BCUT2D eigenvalue weighted by atomic mass is 32.2. The third kappa shape index (κ3) is 1.20. The smallest absolute Gasteiger partial charge is 0.159 e. The van der Waals surface area contributed by atoms with Crippen LogP contribution in [-0.2, 0) is 0 Å². The molecule has 0 amide bonds. The fourth-order valence-electron chi connectivity index (χ4n) is 1.12. The molecule has 1 aliphatic heterocycles. The Morgan fingerprint density at radius 1 is 1.58 bits per heavy atom. The van der Waals surface area contributed by atoms with E-state index in [0.717, 1.165) is 16.2 Å². The van der Waals surface area contributed by atoms with Crippen LogP contribution < -0.4 is 4.74 Å². The predicted molar refractivity (Wildman–Crippen MR) is 47.8 cm³/mol. The van der Waals surface area contributed by atoms with Crippen LogP contribution in [0.15, 0.2) is 23.1 Å². The van der Waals surface area contributed by atoms with Crippen molar-refractivity contribution in [1.82, 2.24) is 0 Å². The molecule has 12 heavy (non-hydrogen) atoms. The maximum absolute atomic E-state index is 11.0. The first kappa shape index (κ1) is 7.68. The van der Waals surface area contributed by atoms with Crippen molar-refractivity contribution < 1.29 is 9.53 Å². The molecule has 0 bridgehead atoms. The fourth-order valence-corrected chi connectivity index (χ4v) is 1.91. The Labute approximate surface area is 74.9 Å². The number of thioether (sulfide) groups is 1. The molecular formula is C9H8O2S. The molecule has 0 spiro atoms. The van der Waals surface area contributed by atoms with Crippen molar-refractivity contribution in [2.45, 2.75) is 11.8 Å². The summed E-state index contributed by atoms with van der Waals surface area (Å²) in [6, 6.07) is 5.54. The summed E-state index contributed by atoms with van der Waals surface area (Å²) < 4.78 is 5.28. The molecule has 0 saturated heterocycles. The van der Waals surface area contributed by atoms with Gasteiger partial charge in [-0.15, -0.1) is 0 Å². The summed E-state index contributed by atoms with van der Waals surface area (Å²) >= 11 is 1.62. The zero-order valence-electron chi connectivity index (χ0n) is 6.66. The average molecular weight is 180 g/mol. The second kappa shape index (κ2) is 2.83. The van der Waals surface area contributed by atoms with Crippen LogP contribution in [0.1, 0.15) is 17.3 Å². The van der Waals surface area contributed by atoms with E-state index in [0.29, 0.717) is 5.94 Å². The molecule has 2 rings (SSSR count). The lowest BCUT2D eigenvalue weighted by Crippen LogP contribution is -1.91. The number of hydrogen-bond donors (Lipinski definition) is 0. The zero-order valence-corrected chi connectivity index (χ0v) is 7.48. The third-order valence-electron chi connectivity index (χ3n) is 1.78. The van der Waals surface area contributed by atoms with Crippen molar-refractivity contribution >= 4 is 17.5 Å². The minimum atomic E-state index is 0.102. The molecule has 0 unspecified atom stereocenters. The van der Waals surface area contributed by atoms with Crippen LogP contribution in [0.5, 0.6) is 5.75 Å². The Kier molecular flexibility index (Phi) is 1.81. The molecular weight excluding hydrogens is 172 g/mol. The highest BCUT2D eigenvalue weighted by molar-refractivity contribution is 7.99. The van der Waals surface area contributed by atoms with Gasteiger partial charge in [-0.3, -0.25) is 4.79 Å². The molecule has 0 aliphatic carbocycles. The van der Waals surface area contributed by atoms with Gasteiger partial charge in [-0.1, -0.05) is 11.8 Å². The van der Waals surface area contributed by atoms with Gasteiger partial charge in [0, 0.05) is 5.56 Å². The first-order valence-corrected chi connectivity index (χ1v) is 4.66. The summed E-state index contributed by atoms with van der Waals surface area (Å²) in [5, 5.41) is 0. The van der Waals surface area contributed by atoms with Gasteiger partial charge >= 0.3 is 0 Å². The zero-order chi connectivity index (χ0) is 8.55. The molecule has 3 heteroatoms. The maximum atomic E-state index is 11.0. The molecule has 0 fully saturated rings. The lowest BCUT2D eigenvalue weighted by molar-refractivity contribution is 0.101. The third-order valence-corrected chi connectivity index (χ3v) is 2.64. The van der Waals surface area contributed by atoms with E-state index in [4.69, 9.17) is 4.74 Å². The van der Waals surface area contributed by atoms with Crippen molar-refractivity contribution in [3.8, 4) is 5.75 Å². The first-order valence-electron chi connectivity index (χ1n) is 3.68. The van der Waals surface area contributed by atoms with Gasteiger partial charge in [0.15, 0.2) is 5.78 Å². The maximum Gasteiger partial charge on any atom is 0.159 e. The van der Waals surface area contributed by atoms with E-state index in [2.05, 4.69) is 0 Å². The van der Waals surface area contributed by atoms with Gasteiger partial charge in [0.2, 0.25) is 0 Å². The molecule has 0 radical (unpaired) electrons. The normalized spacial score (nSPS) is 13.8. The number of ether oxygens (including phenoxy) is 1. The molecule has 1 heterocycles. The highest BCUT2D eigenvalue weighted by Crippen LogP contribution is 2.36. The summed E-state index contributed by atoms with van der Waals surface area (Å²) in [7, 11) is 0. The SMILES string of the molecule is CC(=O)c1ccc2c(c1)SCO2. The van der Waals surface area contributed by atoms with Crippen LogP contribution in [0, 0.1) is 0 Å². The van der Waals surface area contributed by atoms with E-state index in [1.54, 1.807) is 24.8 Å². The van der Waals surface area contributed by atoms with Crippen molar-refractivity contribution in [1.29, 1.82) is 0 Å². The van der Waals surface area contributed by atoms with Crippen molar-refractivity contribution in [3.63, 3.8) is 0 Å². The van der Waals surface area contributed by atoms with Crippen LogP contribution in [0.4, 0.5) is 0 Å². The van der Waals surface area contributed by atoms with E-state index in [9.17, 15) is 4.79 Å². The molecule has 0 aromatic heterocycles. The lowest BCUT2D eigenvalue weighted by atomic mass is 10.1. The van der Waals surface area contributed by atoms with Crippen LogP contribution in [-0.4, -0.2) is 11.7 Å². The number of ketones is 1. The summed E-state index contributed by atoms with van der Waals surface area (Å²) in [5.41, 5.74) is 0.756. The van der Waals surface area contributed by atoms with E-state index < -0.39 is 0 Å². The molecule has 1 aliphatic rings. The summed E-state index contributed by atoms with van der Waals surface area (Å²) in [5.74, 6) is 1.66. The van der Waals surface area contributed by atoms with Crippen LogP contribution in [0.2, 0.25) is 0 Å². The minimum Gasteiger partial charge on any atom is -0.481 e. The van der Waals surface area contributed by atoms with Gasteiger partial charge in [0.1, 0.15) is 11.7 Å². The largest absolute Gasteiger partial charge is 0.481 e. The van der Waals surface area contributed by atoms with Crippen molar-refractivity contribution in [2.75, 3.05) is 5.94 Å². The Bertz CT molecular complexity index is 333. The Morgan fingerprint density at radius 2 is 2.42 bits per heavy atom. The summed E-state index contributed by atoms with van der Waals surface area (Å²) in [6.45, 7) is 1.57. The molecule has 1 aromatic rings. The van der Waals surface area contributed by atoms with Crippen LogP contribution >= 0.6 is 11.8 Å². The van der Waals surface area contributed by atoms with Crippen LogP contribution in [0.3, 0.4) is 0 Å². The standard InChI is InChI=1S/C9H8O2S/c1-6(10)7-2-3-8-9(4-7)12-5-11-8/h2-4H,5H2,1H3. The molecule has 62 valence electrons. The van der Waals surface area contributed by atoms with Gasteiger partial charge < -0.3 is 4.74 Å². The summed E-state index contributed by atoms with van der Waals surface area (Å²) in [6.07, 6.45) is 0. The molecule has 0 N–H and O–H groups in total. The van der Waals surface area contributed by atoms with Gasteiger partial charge in [-0.2, -0.15) is 0 Å². The monoisotopic (exact) mass is 180 g/mol. The molecule has 2 nitrogen and oxygen atoms in total. The van der Waals surface area contributed by atoms with E-state index >= 15 is 0 Å². The fraction of sp³-hybridized carbons (Fsp3) is 0.222.